The fraction of sp³-hybridized carbons (Fsp3) is 0.517. The quantitative estimate of drug-likeness (QED) is 0.0770. The van der Waals surface area contributed by atoms with Crippen molar-refractivity contribution >= 4 is 46.4 Å². The van der Waals surface area contributed by atoms with E-state index in [2.05, 4.69) is 26.6 Å². The Morgan fingerprint density at radius 3 is 2.35 bits per heavy atom. The predicted molar refractivity (Wildman–Crippen MR) is 163 cm³/mol. The second kappa shape index (κ2) is 15.6. The molecular weight excluding hydrogens is 558 g/mol. The summed E-state index contributed by atoms with van der Waals surface area (Å²) in [4.78, 5) is 62.9. The highest BCUT2D eigenvalue weighted by atomic mass is 16.6. The van der Waals surface area contributed by atoms with Crippen LogP contribution in [0.4, 0.5) is 10.5 Å². The van der Waals surface area contributed by atoms with Gasteiger partial charge in [-0.2, -0.15) is 0 Å². The fourth-order valence-electron chi connectivity index (χ4n) is 4.12. The van der Waals surface area contributed by atoms with Gasteiger partial charge in [0, 0.05) is 29.8 Å². The Balaban J connectivity index is 2.09. The molecule has 1 heterocycles. The van der Waals surface area contributed by atoms with E-state index in [-0.39, 0.29) is 18.3 Å². The first-order chi connectivity index (χ1) is 20.0. The largest absolute Gasteiger partial charge is 0.444 e. The van der Waals surface area contributed by atoms with E-state index in [4.69, 9.17) is 20.3 Å². The van der Waals surface area contributed by atoms with Crippen LogP contribution in [0.25, 0.3) is 11.0 Å². The van der Waals surface area contributed by atoms with E-state index in [1.54, 1.807) is 39.8 Å². The molecule has 14 nitrogen and oxygen atoms in total. The molecule has 2 atom stereocenters. The summed E-state index contributed by atoms with van der Waals surface area (Å²) in [6, 6.07) is 4.31. The molecule has 236 valence electrons. The van der Waals surface area contributed by atoms with E-state index in [9.17, 15) is 24.0 Å². The maximum absolute atomic E-state index is 13.2. The lowest BCUT2D eigenvalue weighted by atomic mass is 10.0. The van der Waals surface area contributed by atoms with Gasteiger partial charge in [0.15, 0.2) is 5.96 Å². The molecule has 2 aromatic rings. The van der Waals surface area contributed by atoms with Crippen molar-refractivity contribution in [3.63, 3.8) is 0 Å². The van der Waals surface area contributed by atoms with Crippen LogP contribution in [0.3, 0.4) is 0 Å². The van der Waals surface area contributed by atoms with Gasteiger partial charge in [-0.1, -0.05) is 13.8 Å². The highest BCUT2D eigenvalue weighted by Crippen LogP contribution is 2.21. The van der Waals surface area contributed by atoms with Crippen LogP contribution in [0.5, 0.6) is 0 Å². The van der Waals surface area contributed by atoms with Gasteiger partial charge in [0.1, 0.15) is 23.3 Å². The van der Waals surface area contributed by atoms with E-state index in [1.807, 2.05) is 13.8 Å². The summed E-state index contributed by atoms with van der Waals surface area (Å²) in [5.74, 6) is -1.91. The summed E-state index contributed by atoms with van der Waals surface area (Å²) in [7, 11) is 0. The van der Waals surface area contributed by atoms with Gasteiger partial charge in [0.2, 0.25) is 17.7 Å². The number of carbonyl (C=O) groups excluding carboxylic acids is 4. The van der Waals surface area contributed by atoms with Crippen LogP contribution in [-0.4, -0.2) is 60.5 Å². The highest BCUT2D eigenvalue weighted by Gasteiger charge is 2.26. The molecule has 0 bridgehead atoms. The predicted octanol–water partition coefficient (Wildman–Crippen LogP) is 1.84. The van der Waals surface area contributed by atoms with Crippen molar-refractivity contribution in [2.45, 2.75) is 78.5 Å². The zero-order valence-electron chi connectivity index (χ0n) is 25.5. The molecule has 2 rings (SSSR count). The van der Waals surface area contributed by atoms with Gasteiger partial charge in [0.05, 0.1) is 6.54 Å². The number of carbonyl (C=O) groups is 4. The summed E-state index contributed by atoms with van der Waals surface area (Å²) in [5.41, 5.74) is 5.43. The number of nitrogens with one attached hydrogen (secondary N) is 6. The molecule has 8 N–H and O–H groups in total. The first-order valence-electron chi connectivity index (χ1n) is 14.0. The number of aryl methyl sites for hydroxylation is 1. The van der Waals surface area contributed by atoms with Gasteiger partial charge in [-0.25, -0.2) is 9.59 Å². The number of nitrogens with two attached hydrogens (primary N) is 1. The van der Waals surface area contributed by atoms with Crippen LogP contribution in [-0.2, 0) is 19.1 Å². The minimum atomic E-state index is -1.01. The smallest absolute Gasteiger partial charge is 0.408 e. The van der Waals surface area contributed by atoms with Crippen LogP contribution in [0.2, 0.25) is 0 Å². The number of guanidine groups is 1. The topological polar surface area (TPSA) is 218 Å². The first kappa shape index (κ1) is 34.6. The minimum Gasteiger partial charge on any atom is -0.444 e. The summed E-state index contributed by atoms with van der Waals surface area (Å²) < 4.78 is 10.5. The number of benzene rings is 1. The van der Waals surface area contributed by atoms with Gasteiger partial charge >= 0.3 is 11.7 Å². The zero-order chi connectivity index (χ0) is 32.3. The molecule has 0 aliphatic heterocycles. The number of fused-ring (bicyclic) bond motifs is 1. The molecule has 0 aliphatic carbocycles. The Morgan fingerprint density at radius 1 is 1.02 bits per heavy atom. The number of alkyl carbamates (subject to hydrolysis) is 1. The average molecular weight is 602 g/mol. The molecule has 0 unspecified atom stereocenters. The molecular formula is C29H43N7O7. The molecule has 1 aromatic carbocycles. The van der Waals surface area contributed by atoms with Crippen molar-refractivity contribution in [3.8, 4) is 0 Å². The number of anilines is 1. The number of amides is 4. The van der Waals surface area contributed by atoms with E-state index in [1.165, 1.54) is 12.1 Å². The van der Waals surface area contributed by atoms with Gasteiger partial charge in [-0.3, -0.25) is 19.8 Å². The first-order valence-corrected chi connectivity index (χ1v) is 14.0. The SMILES string of the molecule is Cc1cc(=O)oc2cc(NC(=O)[C@H](CCCNC(=N)N)NC(=O)CNC(=O)[C@H](CC(C)C)NC(=O)OC(C)(C)C)ccc12. The summed E-state index contributed by atoms with van der Waals surface area (Å²) in [6.07, 6.45) is 0.124. The van der Waals surface area contributed by atoms with Crippen molar-refractivity contribution in [1.82, 2.24) is 21.3 Å². The van der Waals surface area contributed by atoms with Crippen LogP contribution in [0, 0.1) is 18.3 Å². The van der Waals surface area contributed by atoms with Crippen molar-refractivity contribution < 1.29 is 28.3 Å². The van der Waals surface area contributed by atoms with E-state index < -0.39 is 53.7 Å². The van der Waals surface area contributed by atoms with Crippen molar-refractivity contribution in [2.75, 3.05) is 18.4 Å². The monoisotopic (exact) mass is 601 g/mol. The molecule has 0 spiro atoms. The Bertz CT molecular complexity index is 1380. The summed E-state index contributed by atoms with van der Waals surface area (Å²) >= 11 is 0. The maximum Gasteiger partial charge on any atom is 0.408 e. The molecule has 0 aliphatic rings. The molecule has 0 fully saturated rings. The average Bonchev–Trinajstić information content (AvgIpc) is 2.86. The van der Waals surface area contributed by atoms with E-state index in [0.717, 1.165) is 5.56 Å². The standard InChI is InChI=1S/C29H43N7O7/c1-16(2)12-21(36-28(41)43-29(4,5)6)25(39)33-15-23(37)35-20(8-7-11-32-27(30)31)26(40)34-18-9-10-19-17(3)13-24(38)42-22(19)14-18/h9-10,13-14,16,20-21H,7-8,11-12,15H2,1-6H3,(H,33,39)(H,34,40)(H,35,37)(H,36,41)(H4,30,31,32)/t20-,21-/m0/s1. The van der Waals surface area contributed by atoms with Crippen LogP contribution in [0.1, 0.15) is 59.4 Å². The normalized spacial score (nSPS) is 12.6. The molecule has 14 heteroatoms. The number of rotatable bonds is 13. The summed E-state index contributed by atoms with van der Waals surface area (Å²) in [5, 5.41) is 21.1. The third-order valence-electron chi connectivity index (χ3n) is 5.99. The van der Waals surface area contributed by atoms with Crippen LogP contribution < -0.4 is 37.9 Å². The maximum atomic E-state index is 13.2. The third kappa shape index (κ3) is 12.4. The molecule has 0 saturated heterocycles. The number of ether oxygens (including phenoxy) is 1. The second-order valence-electron chi connectivity index (χ2n) is 11.6. The number of hydrogen-bond donors (Lipinski definition) is 7. The molecule has 1 aromatic heterocycles. The third-order valence-corrected chi connectivity index (χ3v) is 5.99. The van der Waals surface area contributed by atoms with Gasteiger partial charge in [-0.05, 0) is 70.6 Å². The second-order valence-corrected chi connectivity index (χ2v) is 11.6. The van der Waals surface area contributed by atoms with E-state index in [0.29, 0.717) is 36.0 Å². The van der Waals surface area contributed by atoms with E-state index >= 15 is 0 Å². The van der Waals surface area contributed by atoms with Crippen molar-refractivity contribution in [3.05, 3.63) is 40.2 Å². The molecule has 4 amide bonds. The zero-order valence-corrected chi connectivity index (χ0v) is 25.5. The van der Waals surface area contributed by atoms with Gasteiger partial charge in [0.25, 0.3) is 0 Å². The Labute approximate surface area is 250 Å². The Kier molecular flexibility index (Phi) is 12.5. The number of hydrogen-bond acceptors (Lipinski definition) is 8. The minimum absolute atomic E-state index is 0.0586. The lowest BCUT2D eigenvalue weighted by Gasteiger charge is -2.24. The van der Waals surface area contributed by atoms with Gasteiger partial charge in [-0.15, -0.1) is 0 Å². The lowest BCUT2D eigenvalue weighted by Crippen LogP contribution is -2.52. The summed E-state index contributed by atoms with van der Waals surface area (Å²) in [6.45, 7) is 10.5. The highest BCUT2D eigenvalue weighted by molar-refractivity contribution is 5.99. The molecule has 0 radical (unpaired) electrons. The van der Waals surface area contributed by atoms with Crippen LogP contribution in [0.15, 0.2) is 33.5 Å². The molecule has 43 heavy (non-hydrogen) atoms. The Morgan fingerprint density at radius 2 is 1.72 bits per heavy atom. The van der Waals surface area contributed by atoms with Crippen LogP contribution >= 0.6 is 0 Å². The Hall–Kier alpha value is -4.62. The lowest BCUT2D eigenvalue weighted by molar-refractivity contribution is -0.129. The van der Waals surface area contributed by atoms with Crippen molar-refractivity contribution in [1.29, 1.82) is 5.41 Å². The fourth-order valence-corrected chi connectivity index (χ4v) is 4.12. The van der Waals surface area contributed by atoms with Crippen molar-refractivity contribution in [2.24, 2.45) is 11.7 Å². The van der Waals surface area contributed by atoms with Gasteiger partial charge < -0.3 is 41.5 Å². The molecule has 0 saturated carbocycles.